The van der Waals surface area contributed by atoms with Gasteiger partial charge in [0, 0.05) is 16.7 Å². The first-order valence-electron chi connectivity index (χ1n) is 12.3. The predicted octanol–water partition coefficient (Wildman–Crippen LogP) is 5.43. The van der Waals surface area contributed by atoms with E-state index >= 15 is 8.78 Å². The molecule has 0 spiro atoms. The van der Waals surface area contributed by atoms with Crippen LogP contribution in [0.5, 0.6) is 0 Å². The van der Waals surface area contributed by atoms with Crippen LogP contribution in [0.25, 0.3) is 0 Å². The van der Waals surface area contributed by atoms with Crippen molar-refractivity contribution in [1.29, 1.82) is 0 Å². The van der Waals surface area contributed by atoms with E-state index in [-0.39, 0.29) is 47.5 Å². The minimum Gasteiger partial charge on any atom is -0.409 e. The van der Waals surface area contributed by atoms with Gasteiger partial charge in [0.05, 0.1) is 12.7 Å². The van der Waals surface area contributed by atoms with Crippen LogP contribution in [0.4, 0.5) is 8.78 Å². The minimum absolute atomic E-state index is 0.0344. The van der Waals surface area contributed by atoms with Gasteiger partial charge in [0.25, 0.3) is 0 Å². The van der Waals surface area contributed by atoms with Gasteiger partial charge in [-0.2, -0.15) is 0 Å². The molecule has 34 heavy (non-hydrogen) atoms. The highest BCUT2D eigenvalue weighted by atomic mass is 28.4. The zero-order valence-corrected chi connectivity index (χ0v) is 22.4. The maximum absolute atomic E-state index is 17.1. The third-order valence-electron chi connectivity index (χ3n) is 9.88. The number of aliphatic hydroxyl groups is 1. The van der Waals surface area contributed by atoms with Gasteiger partial charge in [-0.3, -0.25) is 9.59 Å². The Labute approximate surface area is 202 Å². The molecule has 0 amide bonds. The third-order valence-corrected chi connectivity index (χ3v) is 14.4. The first kappa shape index (κ1) is 25.6. The second kappa shape index (κ2) is 7.78. The zero-order chi connectivity index (χ0) is 25.5. The molecule has 0 aromatic rings. The van der Waals surface area contributed by atoms with Crippen LogP contribution in [0.2, 0.25) is 18.1 Å². The number of halogens is 2. The van der Waals surface area contributed by atoms with E-state index in [4.69, 9.17) is 4.43 Å². The standard InChI is InChI=1S/C27H38F2O4Si/c1-24(2,3)34(6,7)33-15-22(31)18-9-8-17-19-13-21(28)20-12-16(30)10-11-26(20,5)27(19,29)23(32)14-25(17,18)4/h9-12,17,19,21,23,32H,8,13-15H2,1-7H3/t17-,19-,21-,23-,25-,26-,27-/m0/s1. The van der Waals surface area contributed by atoms with Gasteiger partial charge in [0.15, 0.2) is 25.6 Å². The molecule has 0 bridgehead atoms. The number of Topliss-reactive ketones (excluding diaryl/α,β-unsaturated/α-hetero) is 1. The zero-order valence-electron chi connectivity index (χ0n) is 21.4. The Kier molecular flexibility index (Phi) is 5.86. The minimum atomic E-state index is -2.13. The highest BCUT2D eigenvalue weighted by molar-refractivity contribution is 6.74. The lowest BCUT2D eigenvalue weighted by Gasteiger charge is -2.62. The van der Waals surface area contributed by atoms with Crippen molar-refractivity contribution < 1.29 is 27.9 Å². The van der Waals surface area contributed by atoms with Gasteiger partial charge in [-0.1, -0.05) is 39.8 Å². The summed E-state index contributed by atoms with van der Waals surface area (Å²) >= 11 is 0. The van der Waals surface area contributed by atoms with E-state index in [0.717, 1.165) is 0 Å². The number of carbonyl (C=O) groups is 2. The molecule has 0 radical (unpaired) electrons. The van der Waals surface area contributed by atoms with Gasteiger partial charge >= 0.3 is 0 Å². The predicted molar refractivity (Wildman–Crippen MR) is 130 cm³/mol. The van der Waals surface area contributed by atoms with Crippen molar-refractivity contribution >= 4 is 19.9 Å². The normalized spacial score (nSPS) is 41.9. The molecular weight excluding hydrogens is 454 g/mol. The van der Waals surface area contributed by atoms with E-state index in [1.807, 2.05) is 13.0 Å². The number of hydrogen-bond acceptors (Lipinski definition) is 4. The average molecular weight is 493 g/mol. The van der Waals surface area contributed by atoms with Crippen molar-refractivity contribution in [2.75, 3.05) is 6.61 Å². The van der Waals surface area contributed by atoms with Crippen LogP contribution in [0.1, 0.15) is 53.9 Å². The van der Waals surface area contributed by atoms with Crippen molar-refractivity contribution in [1.82, 2.24) is 0 Å². The van der Waals surface area contributed by atoms with Crippen LogP contribution < -0.4 is 0 Å². The highest BCUT2D eigenvalue weighted by Gasteiger charge is 2.71. The number of rotatable bonds is 4. The maximum atomic E-state index is 17.1. The molecule has 4 nitrogen and oxygen atoms in total. The topological polar surface area (TPSA) is 63.6 Å². The van der Waals surface area contributed by atoms with Crippen LogP contribution in [-0.4, -0.2) is 49.5 Å². The Morgan fingerprint density at radius 2 is 1.91 bits per heavy atom. The van der Waals surface area contributed by atoms with Crippen LogP contribution in [0.3, 0.4) is 0 Å². The average Bonchev–Trinajstić information content (AvgIpc) is 3.06. The Hall–Kier alpha value is -1.44. The molecule has 188 valence electrons. The van der Waals surface area contributed by atoms with Gasteiger partial charge < -0.3 is 9.53 Å². The van der Waals surface area contributed by atoms with E-state index < -0.39 is 43.0 Å². The number of hydrogen-bond donors (Lipinski definition) is 1. The Bertz CT molecular complexity index is 1010. The molecule has 4 rings (SSSR count). The summed E-state index contributed by atoms with van der Waals surface area (Å²) in [5.41, 5.74) is -3.58. The van der Waals surface area contributed by atoms with E-state index in [1.54, 1.807) is 6.92 Å². The second-order valence-electron chi connectivity index (χ2n) is 12.7. The summed E-state index contributed by atoms with van der Waals surface area (Å²) in [6.45, 7) is 14.0. The molecule has 0 saturated heterocycles. The van der Waals surface area contributed by atoms with E-state index in [0.29, 0.717) is 12.0 Å². The molecule has 2 fully saturated rings. The summed E-state index contributed by atoms with van der Waals surface area (Å²) in [5, 5.41) is 11.3. The van der Waals surface area contributed by atoms with Gasteiger partial charge in [-0.15, -0.1) is 0 Å². The fourth-order valence-electron chi connectivity index (χ4n) is 6.75. The molecule has 1 N–H and O–H groups in total. The lowest BCUT2D eigenvalue weighted by atomic mass is 9.45. The number of carbonyl (C=O) groups excluding carboxylic acids is 2. The third kappa shape index (κ3) is 3.40. The molecule has 0 aromatic heterocycles. The van der Waals surface area contributed by atoms with Crippen molar-refractivity contribution in [3.63, 3.8) is 0 Å². The Morgan fingerprint density at radius 1 is 1.26 bits per heavy atom. The first-order chi connectivity index (χ1) is 15.5. The summed E-state index contributed by atoms with van der Waals surface area (Å²) in [6, 6.07) is 0. The van der Waals surface area contributed by atoms with Crippen LogP contribution >= 0.6 is 0 Å². The first-order valence-corrected chi connectivity index (χ1v) is 15.2. The fraction of sp³-hybridized carbons (Fsp3) is 0.704. The van der Waals surface area contributed by atoms with E-state index in [2.05, 4.69) is 33.9 Å². The molecule has 7 heteroatoms. The van der Waals surface area contributed by atoms with Gasteiger partial charge in [0.2, 0.25) is 0 Å². The molecule has 0 aliphatic heterocycles. The summed E-state index contributed by atoms with van der Waals surface area (Å²) < 4.78 is 38.6. The van der Waals surface area contributed by atoms with Crippen molar-refractivity contribution in [3.05, 3.63) is 35.5 Å². The SMILES string of the molecule is CC(C)(C)[Si](C)(C)OCC(=O)C1=CC[C@H]2[C@@H]3C[C@H](F)C4=CC(=O)C=C[C@]4(C)[C@@]3(F)[C@@H](O)C[C@]12C. The number of aliphatic hydroxyl groups excluding tert-OH is 1. The number of fused-ring (bicyclic) bond motifs is 5. The van der Waals surface area contributed by atoms with Crippen LogP contribution in [-0.2, 0) is 14.0 Å². The molecular formula is C27H38F2O4Si. The molecule has 4 aliphatic carbocycles. The van der Waals surface area contributed by atoms with Gasteiger partial charge in [-0.05, 0) is 73.5 Å². The van der Waals surface area contributed by atoms with Crippen LogP contribution in [0, 0.1) is 22.7 Å². The molecule has 0 aromatic carbocycles. The highest BCUT2D eigenvalue weighted by Crippen LogP contribution is 2.68. The maximum Gasteiger partial charge on any atom is 0.192 e. The second-order valence-corrected chi connectivity index (χ2v) is 17.5. The number of allylic oxidation sites excluding steroid dienone is 5. The summed E-state index contributed by atoms with van der Waals surface area (Å²) in [5.74, 6) is -1.57. The molecule has 0 heterocycles. The lowest BCUT2D eigenvalue weighted by Crippen LogP contribution is -2.68. The largest absolute Gasteiger partial charge is 0.409 e. The molecule has 4 aliphatic rings. The van der Waals surface area contributed by atoms with E-state index in [9.17, 15) is 14.7 Å². The van der Waals surface area contributed by atoms with Gasteiger partial charge in [-0.25, -0.2) is 8.78 Å². The van der Waals surface area contributed by atoms with Crippen molar-refractivity contribution in [2.45, 2.75) is 90.0 Å². The summed E-state index contributed by atoms with van der Waals surface area (Å²) in [4.78, 5) is 25.3. The van der Waals surface area contributed by atoms with E-state index in [1.165, 1.54) is 18.2 Å². The number of alkyl halides is 2. The van der Waals surface area contributed by atoms with Gasteiger partial charge in [0.1, 0.15) is 6.17 Å². The summed E-state index contributed by atoms with van der Waals surface area (Å²) in [7, 11) is -2.13. The van der Waals surface area contributed by atoms with Crippen molar-refractivity contribution in [2.24, 2.45) is 22.7 Å². The molecule has 0 unspecified atom stereocenters. The Morgan fingerprint density at radius 3 is 2.53 bits per heavy atom. The lowest BCUT2D eigenvalue weighted by molar-refractivity contribution is -0.192. The monoisotopic (exact) mass is 492 g/mol. The molecule has 7 atom stereocenters. The Balaban J connectivity index is 1.63. The quantitative estimate of drug-likeness (QED) is 0.532. The summed E-state index contributed by atoms with van der Waals surface area (Å²) in [6.07, 6.45) is 3.35. The smallest absolute Gasteiger partial charge is 0.192 e. The fourth-order valence-corrected chi connectivity index (χ4v) is 7.67. The number of ketones is 2. The molecule has 2 saturated carbocycles. The van der Waals surface area contributed by atoms with Crippen LogP contribution in [0.15, 0.2) is 35.5 Å². The van der Waals surface area contributed by atoms with Crippen molar-refractivity contribution in [3.8, 4) is 0 Å².